The molecule has 3 aromatic rings. The molecule has 25 heavy (non-hydrogen) atoms. The van der Waals surface area contributed by atoms with Gasteiger partial charge in [-0.25, -0.2) is 12.8 Å². The third-order valence-corrected chi connectivity index (χ3v) is 5.13. The number of hydrogen-bond acceptors (Lipinski definition) is 3. The van der Waals surface area contributed by atoms with E-state index in [-0.39, 0.29) is 16.1 Å². The summed E-state index contributed by atoms with van der Waals surface area (Å²) in [6.07, 6.45) is 1.38. The van der Waals surface area contributed by atoms with E-state index in [4.69, 9.17) is 5.26 Å². The highest BCUT2D eigenvalue weighted by atomic mass is 32.2. The molecule has 0 spiro atoms. The molecule has 0 aliphatic heterocycles. The van der Waals surface area contributed by atoms with Crippen LogP contribution in [0.25, 0.3) is 11.1 Å². The number of aromatic amines is 1. The minimum atomic E-state index is -4.02. The summed E-state index contributed by atoms with van der Waals surface area (Å²) < 4.78 is 41.8. The molecule has 0 saturated carbocycles. The van der Waals surface area contributed by atoms with Crippen molar-refractivity contribution in [3.8, 4) is 17.2 Å². The van der Waals surface area contributed by atoms with E-state index < -0.39 is 15.8 Å². The van der Waals surface area contributed by atoms with Gasteiger partial charge in [0.1, 0.15) is 10.7 Å². The van der Waals surface area contributed by atoms with Gasteiger partial charge in [0, 0.05) is 17.5 Å². The topological polar surface area (TPSA) is 85.8 Å². The number of nitrogens with zero attached hydrogens (tertiary/aromatic N) is 1. The molecule has 126 valence electrons. The molecule has 0 bridgehead atoms. The van der Waals surface area contributed by atoms with Crippen LogP contribution in [0.5, 0.6) is 0 Å². The molecule has 1 heterocycles. The summed E-state index contributed by atoms with van der Waals surface area (Å²) in [4.78, 5) is 2.93. The molecule has 0 aliphatic rings. The zero-order valence-corrected chi connectivity index (χ0v) is 14.1. The summed E-state index contributed by atoms with van der Waals surface area (Å²) in [5.74, 6) is -0.809. The van der Waals surface area contributed by atoms with Gasteiger partial charge in [-0.05, 0) is 30.7 Å². The molecule has 2 aromatic carbocycles. The van der Waals surface area contributed by atoms with Crippen LogP contribution in [0, 0.1) is 24.1 Å². The number of benzene rings is 2. The number of hydrogen-bond donors (Lipinski definition) is 2. The van der Waals surface area contributed by atoms with Crippen molar-refractivity contribution in [2.75, 3.05) is 4.72 Å². The van der Waals surface area contributed by atoms with Crippen molar-refractivity contribution in [2.24, 2.45) is 0 Å². The lowest BCUT2D eigenvalue weighted by Crippen LogP contribution is -2.14. The van der Waals surface area contributed by atoms with Gasteiger partial charge in [0.05, 0.1) is 17.3 Å². The zero-order valence-electron chi connectivity index (χ0n) is 13.2. The van der Waals surface area contributed by atoms with Crippen LogP contribution in [0.3, 0.4) is 0 Å². The number of sulfonamides is 1. The Balaban J connectivity index is 2.04. The summed E-state index contributed by atoms with van der Waals surface area (Å²) in [7, 11) is -4.02. The molecule has 5 nitrogen and oxygen atoms in total. The highest BCUT2D eigenvalue weighted by molar-refractivity contribution is 7.92. The average molecular weight is 355 g/mol. The maximum atomic E-state index is 14.0. The molecule has 7 heteroatoms. The van der Waals surface area contributed by atoms with E-state index in [1.165, 1.54) is 18.3 Å². The van der Waals surface area contributed by atoms with Crippen molar-refractivity contribution >= 4 is 15.7 Å². The smallest absolute Gasteiger partial charge is 0.264 e. The largest absolute Gasteiger partial charge is 0.363 e. The molecule has 0 radical (unpaired) electrons. The molecule has 0 aliphatic carbocycles. The molecule has 3 rings (SSSR count). The summed E-state index contributed by atoms with van der Waals surface area (Å²) in [5, 5.41) is 8.77. The van der Waals surface area contributed by atoms with E-state index in [1.807, 2.05) is 18.2 Å². The Hall–Kier alpha value is -3.11. The van der Waals surface area contributed by atoms with E-state index >= 15 is 0 Å². The molecular formula is C18H14FN3O2S. The zero-order chi connectivity index (χ0) is 18.0. The van der Waals surface area contributed by atoms with Crippen LogP contribution in [-0.4, -0.2) is 13.4 Å². The Morgan fingerprint density at radius 1 is 1.16 bits per heavy atom. The van der Waals surface area contributed by atoms with Crippen molar-refractivity contribution in [3.63, 3.8) is 0 Å². The van der Waals surface area contributed by atoms with Gasteiger partial charge in [-0.3, -0.25) is 4.72 Å². The van der Waals surface area contributed by atoms with Gasteiger partial charge < -0.3 is 4.98 Å². The fourth-order valence-electron chi connectivity index (χ4n) is 2.55. The summed E-state index contributed by atoms with van der Waals surface area (Å²) in [6.45, 7) is 1.77. The summed E-state index contributed by atoms with van der Waals surface area (Å²) in [5.41, 5.74) is 1.86. The van der Waals surface area contributed by atoms with E-state index in [0.29, 0.717) is 11.3 Å². The van der Waals surface area contributed by atoms with Crippen LogP contribution >= 0.6 is 0 Å². The SMILES string of the molecule is Cc1[nH]cc(S(=O)(=O)Nc2ccc(C#N)cc2F)c1-c1ccccc1. The quantitative estimate of drug-likeness (QED) is 0.746. The lowest BCUT2D eigenvalue weighted by atomic mass is 10.1. The van der Waals surface area contributed by atoms with Crippen LogP contribution < -0.4 is 4.72 Å². The first-order valence-corrected chi connectivity index (χ1v) is 8.86. The standard InChI is InChI=1S/C18H14FN3O2S/c1-12-18(14-5-3-2-4-6-14)17(11-21-12)25(23,24)22-16-8-7-13(10-20)9-15(16)19/h2-9,11,21-22H,1H3. The first kappa shape index (κ1) is 16.7. The fourth-order valence-corrected chi connectivity index (χ4v) is 3.86. The summed E-state index contributed by atoms with van der Waals surface area (Å²) >= 11 is 0. The fraction of sp³-hybridized carbons (Fsp3) is 0.0556. The molecular weight excluding hydrogens is 341 g/mol. The number of rotatable bonds is 4. The Bertz CT molecular complexity index is 1070. The van der Waals surface area contributed by atoms with Gasteiger partial charge in [-0.2, -0.15) is 5.26 Å². The predicted octanol–water partition coefficient (Wildman–Crippen LogP) is 3.80. The van der Waals surface area contributed by atoms with Crippen molar-refractivity contribution in [2.45, 2.75) is 11.8 Å². The monoisotopic (exact) mass is 355 g/mol. The van der Waals surface area contributed by atoms with E-state index in [9.17, 15) is 12.8 Å². The van der Waals surface area contributed by atoms with Crippen LogP contribution in [0.2, 0.25) is 0 Å². The Labute approximate surface area is 144 Å². The van der Waals surface area contributed by atoms with Crippen molar-refractivity contribution in [1.29, 1.82) is 5.26 Å². The first-order valence-electron chi connectivity index (χ1n) is 7.38. The highest BCUT2D eigenvalue weighted by Gasteiger charge is 2.23. The Morgan fingerprint density at radius 2 is 1.88 bits per heavy atom. The predicted molar refractivity (Wildman–Crippen MR) is 92.9 cm³/mol. The Kier molecular flexibility index (Phi) is 4.30. The van der Waals surface area contributed by atoms with Gasteiger partial charge in [-0.15, -0.1) is 0 Å². The molecule has 0 unspecified atom stereocenters. The lowest BCUT2D eigenvalue weighted by Gasteiger charge is -2.10. The van der Waals surface area contributed by atoms with Crippen molar-refractivity contribution in [1.82, 2.24) is 4.98 Å². The molecule has 2 N–H and O–H groups in total. The second-order valence-electron chi connectivity index (χ2n) is 5.43. The van der Waals surface area contributed by atoms with Crippen LogP contribution in [0.4, 0.5) is 10.1 Å². The molecule has 0 fully saturated rings. The normalized spacial score (nSPS) is 11.1. The second kappa shape index (κ2) is 6.42. The maximum Gasteiger partial charge on any atom is 0.264 e. The van der Waals surface area contributed by atoms with Crippen LogP contribution in [-0.2, 0) is 10.0 Å². The minimum absolute atomic E-state index is 0.0277. The maximum absolute atomic E-state index is 14.0. The Morgan fingerprint density at radius 3 is 2.52 bits per heavy atom. The van der Waals surface area contributed by atoms with E-state index in [2.05, 4.69) is 9.71 Å². The number of halogens is 1. The number of nitriles is 1. The number of aromatic nitrogens is 1. The van der Waals surface area contributed by atoms with Crippen LogP contribution in [0.15, 0.2) is 59.6 Å². The third kappa shape index (κ3) is 3.25. The first-order chi connectivity index (χ1) is 11.9. The lowest BCUT2D eigenvalue weighted by molar-refractivity contribution is 0.599. The van der Waals surface area contributed by atoms with Gasteiger partial charge in [-0.1, -0.05) is 30.3 Å². The number of aryl methyl sites for hydroxylation is 1. The molecule has 1 aromatic heterocycles. The van der Waals surface area contributed by atoms with Gasteiger partial charge >= 0.3 is 0 Å². The number of H-pyrrole nitrogens is 1. The third-order valence-electron chi connectivity index (χ3n) is 3.74. The number of anilines is 1. The minimum Gasteiger partial charge on any atom is -0.363 e. The van der Waals surface area contributed by atoms with Crippen molar-refractivity contribution in [3.05, 3.63) is 71.8 Å². The molecule has 0 saturated heterocycles. The van der Waals surface area contributed by atoms with Crippen LogP contribution in [0.1, 0.15) is 11.3 Å². The average Bonchev–Trinajstić information content (AvgIpc) is 3.00. The number of nitrogens with one attached hydrogen (secondary N) is 2. The van der Waals surface area contributed by atoms with Gasteiger partial charge in [0.15, 0.2) is 0 Å². The van der Waals surface area contributed by atoms with Gasteiger partial charge in [0.2, 0.25) is 0 Å². The van der Waals surface area contributed by atoms with Gasteiger partial charge in [0.25, 0.3) is 10.0 Å². The van der Waals surface area contributed by atoms with E-state index in [0.717, 1.165) is 11.6 Å². The summed E-state index contributed by atoms with van der Waals surface area (Å²) in [6, 6.07) is 14.4. The van der Waals surface area contributed by atoms with E-state index in [1.54, 1.807) is 25.1 Å². The molecule has 0 atom stereocenters. The van der Waals surface area contributed by atoms with Crippen molar-refractivity contribution < 1.29 is 12.8 Å². The second-order valence-corrected chi connectivity index (χ2v) is 7.08. The molecule has 0 amide bonds. The highest BCUT2D eigenvalue weighted by Crippen LogP contribution is 2.32.